The van der Waals surface area contributed by atoms with Gasteiger partial charge in [-0.25, -0.2) is 0 Å². The second-order valence-electron chi connectivity index (χ2n) is 5.12. The van der Waals surface area contributed by atoms with Crippen LogP contribution in [0, 0.1) is 16.7 Å². The lowest BCUT2D eigenvalue weighted by Gasteiger charge is -2.23. The Labute approximate surface area is 104 Å². The van der Waals surface area contributed by atoms with Gasteiger partial charge >= 0.3 is 0 Å². The van der Waals surface area contributed by atoms with E-state index in [1.165, 1.54) is 0 Å². The zero-order valence-corrected chi connectivity index (χ0v) is 10.8. The lowest BCUT2D eigenvalue weighted by atomic mass is 9.88. The van der Waals surface area contributed by atoms with E-state index in [9.17, 15) is 0 Å². The average molecular weight is 234 g/mol. The summed E-state index contributed by atoms with van der Waals surface area (Å²) in [6.07, 6.45) is 6.46. The van der Waals surface area contributed by atoms with Gasteiger partial charge < -0.3 is 5.32 Å². The van der Waals surface area contributed by atoms with E-state index in [-0.39, 0.29) is 5.41 Å². The molecule has 0 spiro atoms. The molecular weight excluding hydrogens is 212 g/mol. The minimum atomic E-state index is 0.210. The van der Waals surface area contributed by atoms with Crippen molar-refractivity contribution in [2.75, 3.05) is 13.1 Å². The molecule has 0 fully saturated rings. The molecule has 0 aliphatic rings. The van der Waals surface area contributed by atoms with Crippen LogP contribution in [0.15, 0.2) is 18.5 Å². The van der Waals surface area contributed by atoms with E-state index in [1.54, 1.807) is 6.20 Å². The molecule has 0 unspecified atom stereocenters. The number of aryl methyl sites for hydroxylation is 1. The molecule has 0 aliphatic carbocycles. The van der Waals surface area contributed by atoms with Crippen molar-refractivity contribution in [1.82, 2.24) is 15.1 Å². The van der Waals surface area contributed by atoms with Gasteiger partial charge in [-0.2, -0.15) is 10.4 Å². The van der Waals surface area contributed by atoms with Crippen molar-refractivity contribution >= 4 is 0 Å². The van der Waals surface area contributed by atoms with Crippen molar-refractivity contribution in [3.8, 4) is 6.07 Å². The maximum Gasteiger partial charge on any atom is 0.0621 e. The molecular formula is C13H22N4. The van der Waals surface area contributed by atoms with Crippen molar-refractivity contribution < 1.29 is 0 Å². The topological polar surface area (TPSA) is 53.6 Å². The number of nitrogens with zero attached hydrogens (tertiary/aromatic N) is 3. The van der Waals surface area contributed by atoms with Crippen molar-refractivity contribution in [3.63, 3.8) is 0 Å². The first-order chi connectivity index (χ1) is 8.14. The first-order valence-corrected chi connectivity index (χ1v) is 6.19. The van der Waals surface area contributed by atoms with Crippen LogP contribution in [0.25, 0.3) is 0 Å². The van der Waals surface area contributed by atoms with Gasteiger partial charge in [0.1, 0.15) is 0 Å². The lowest BCUT2D eigenvalue weighted by Crippen LogP contribution is -2.30. The third kappa shape index (κ3) is 6.08. The molecule has 0 aromatic carbocycles. The summed E-state index contributed by atoms with van der Waals surface area (Å²) in [4.78, 5) is 0. The van der Waals surface area contributed by atoms with Gasteiger partial charge in [-0.3, -0.25) is 4.68 Å². The first kappa shape index (κ1) is 13.7. The molecule has 0 saturated carbocycles. The molecule has 0 amide bonds. The summed E-state index contributed by atoms with van der Waals surface area (Å²) < 4.78 is 1.95. The minimum absolute atomic E-state index is 0.210. The van der Waals surface area contributed by atoms with Gasteiger partial charge in [-0.15, -0.1) is 0 Å². The molecule has 4 nitrogen and oxygen atoms in total. The van der Waals surface area contributed by atoms with E-state index >= 15 is 0 Å². The largest absolute Gasteiger partial charge is 0.316 e. The summed E-state index contributed by atoms with van der Waals surface area (Å²) in [5, 5.41) is 16.2. The molecule has 0 bridgehead atoms. The quantitative estimate of drug-likeness (QED) is 0.701. The Kier molecular flexibility index (Phi) is 5.71. The van der Waals surface area contributed by atoms with Gasteiger partial charge in [-0.1, -0.05) is 13.8 Å². The van der Waals surface area contributed by atoms with Gasteiger partial charge in [0.15, 0.2) is 0 Å². The van der Waals surface area contributed by atoms with Crippen molar-refractivity contribution in [2.45, 2.75) is 39.7 Å². The van der Waals surface area contributed by atoms with E-state index in [2.05, 4.69) is 30.3 Å². The standard InChI is InChI=1S/C13H22N4/c1-13(2,6-3-7-14)12-15-8-4-10-17-11-5-9-16-17/h5,9,11,15H,3-4,6,8,10,12H2,1-2H3. The van der Waals surface area contributed by atoms with Crippen LogP contribution in [0.4, 0.5) is 0 Å². The lowest BCUT2D eigenvalue weighted by molar-refractivity contribution is 0.316. The van der Waals surface area contributed by atoms with Crippen LogP contribution in [0.2, 0.25) is 0 Å². The van der Waals surface area contributed by atoms with Gasteiger partial charge in [0.25, 0.3) is 0 Å². The Morgan fingerprint density at radius 3 is 2.94 bits per heavy atom. The van der Waals surface area contributed by atoms with Crippen LogP contribution in [0.5, 0.6) is 0 Å². The Morgan fingerprint density at radius 1 is 1.47 bits per heavy atom. The van der Waals surface area contributed by atoms with Crippen LogP contribution in [0.3, 0.4) is 0 Å². The Hall–Kier alpha value is -1.34. The van der Waals surface area contributed by atoms with E-state index in [0.29, 0.717) is 6.42 Å². The Bertz CT molecular complexity index is 335. The fraction of sp³-hybridized carbons (Fsp3) is 0.692. The summed E-state index contributed by atoms with van der Waals surface area (Å²) in [7, 11) is 0. The monoisotopic (exact) mass is 234 g/mol. The molecule has 17 heavy (non-hydrogen) atoms. The second-order valence-corrected chi connectivity index (χ2v) is 5.12. The highest BCUT2D eigenvalue weighted by atomic mass is 15.3. The fourth-order valence-electron chi connectivity index (χ4n) is 1.71. The highest BCUT2D eigenvalue weighted by Gasteiger charge is 2.16. The maximum absolute atomic E-state index is 8.56. The molecule has 0 radical (unpaired) electrons. The third-order valence-corrected chi connectivity index (χ3v) is 2.82. The predicted molar refractivity (Wildman–Crippen MR) is 68.3 cm³/mol. The smallest absolute Gasteiger partial charge is 0.0621 e. The highest BCUT2D eigenvalue weighted by molar-refractivity contribution is 4.79. The molecule has 4 heteroatoms. The van der Waals surface area contributed by atoms with Gasteiger partial charge in [0.2, 0.25) is 0 Å². The number of rotatable bonds is 8. The summed E-state index contributed by atoms with van der Waals surface area (Å²) >= 11 is 0. The summed E-state index contributed by atoms with van der Waals surface area (Å²) in [5.41, 5.74) is 0.210. The summed E-state index contributed by atoms with van der Waals surface area (Å²) in [5.74, 6) is 0. The number of hydrogen-bond donors (Lipinski definition) is 1. The molecule has 1 N–H and O–H groups in total. The van der Waals surface area contributed by atoms with Crippen LogP contribution >= 0.6 is 0 Å². The average Bonchev–Trinajstić information content (AvgIpc) is 2.79. The Balaban J connectivity index is 2.05. The van der Waals surface area contributed by atoms with E-state index in [0.717, 1.165) is 32.5 Å². The maximum atomic E-state index is 8.56. The Morgan fingerprint density at radius 2 is 2.29 bits per heavy atom. The number of nitrogens with one attached hydrogen (secondary N) is 1. The SMILES string of the molecule is CC(C)(CCC#N)CNCCCn1cccn1. The van der Waals surface area contributed by atoms with Crippen LogP contribution in [-0.4, -0.2) is 22.9 Å². The first-order valence-electron chi connectivity index (χ1n) is 6.19. The molecule has 1 heterocycles. The molecule has 1 rings (SSSR count). The van der Waals surface area contributed by atoms with Gasteiger partial charge in [0.05, 0.1) is 6.07 Å². The molecule has 94 valence electrons. The third-order valence-electron chi connectivity index (χ3n) is 2.82. The molecule has 0 saturated heterocycles. The highest BCUT2D eigenvalue weighted by Crippen LogP contribution is 2.20. The summed E-state index contributed by atoms with van der Waals surface area (Å²) in [6, 6.07) is 4.15. The van der Waals surface area contributed by atoms with E-state index in [4.69, 9.17) is 5.26 Å². The molecule has 1 aromatic heterocycles. The van der Waals surface area contributed by atoms with Crippen molar-refractivity contribution in [2.24, 2.45) is 5.41 Å². The van der Waals surface area contributed by atoms with Gasteiger partial charge in [-0.05, 0) is 30.9 Å². The molecule has 1 aromatic rings. The van der Waals surface area contributed by atoms with Crippen LogP contribution in [0.1, 0.15) is 33.1 Å². The summed E-state index contributed by atoms with van der Waals surface area (Å²) in [6.45, 7) is 7.32. The zero-order valence-electron chi connectivity index (χ0n) is 10.8. The molecule has 0 atom stereocenters. The zero-order chi connectivity index (χ0) is 12.6. The number of aromatic nitrogens is 2. The van der Waals surface area contributed by atoms with Crippen molar-refractivity contribution in [1.29, 1.82) is 5.26 Å². The number of hydrogen-bond acceptors (Lipinski definition) is 3. The fourth-order valence-corrected chi connectivity index (χ4v) is 1.71. The van der Waals surface area contributed by atoms with Crippen LogP contribution in [-0.2, 0) is 6.54 Å². The number of nitriles is 1. The van der Waals surface area contributed by atoms with Crippen molar-refractivity contribution in [3.05, 3.63) is 18.5 Å². The predicted octanol–water partition coefficient (Wildman–Crippen LogP) is 2.19. The molecule has 0 aliphatic heterocycles. The van der Waals surface area contributed by atoms with E-state index < -0.39 is 0 Å². The second kappa shape index (κ2) is 7.08. The van der Waals surface area contributed by atoms with Gasteiger partial charge in [0, 0.05) is 31.9 Å². The van der Waals surface area contributed by atoms with Crippen LogP contribution < -0.4 is 5.32 Å². The van der Waals surface area contributed by atoms with E-state index in [1.807, 2.05) is 16.9 Å². The minimum Gasteiger partial charge on any atom is -0.316 e. The normalized spacial score (nSPS) is 11.4.